The lowest BCUT2D eigenvalue weighted by Crippen LogP contribution is -2.58. The number of amides is 3. The summed E-state index contributed by atoms with van der Waals surface area (Å²) in [6.45, 7) is 2.91. The van der Waals surface area contributed by atoms with E-state index >= 15 is 0 Å². The van der Waals surface area contributed by atoms with Gasteiger partial charge in [0.15, 0.2) is 11.5 Å². The van der Waals surface area contributed by atoms with E-state index in [9.17, 15) is 14.4 Å². The molecule has 2 atom stereocenters. The van der Waals surface area contributed by atoms with Crippen molar-refractivity contribution >= 4 is 17.7 Å². The molecule has 0 unspecified atom stereocenters. The van der Waals surface area contributed by atoms with Crippen LogP contribution in [0.2, 0.25) is 0 Å². The molecule has 0 aromatic heterocycles. The zero-order valence-electron chi connectivity index (χ0n) is 25.6. The fraction of sp³-hybridized carbons (Fsp3) is 0.382. The van der Waals surface area contributed by atoms with E-state index < -0.39 is 6.04 Å². The van der Waals surface area contributed by atoms with Gasteiger partial charge in [-0.2, -0.15) is 0 Å². The van der Waals surface area contributed by atoms with Crippen molar-refractivity contribution in [3.8, 4) is 23.0 Å². The predicted octanol–water partition coefficient (Wildman–Crippen LogP) is 4.13. The van der Waals surface area contributed by atoms with Crippen LogP contribution < -0.4 is 19.5 Å². The Morgan fingerprint density at radius 2 is 1.84 bits per heavy atom. The summed E-state index contributed by atoms with van der Waals surface area (Å²) in [6.07, 6.45) is 1.09. The molecule has 3 amide bonds. The highest BCUT2D eigenvalue weighted by Gasteiger charge is 2.33. The number of aryl methyl sites for hydroxylation is 2. The van der Waals surface area contributed by atoms with Crippen molar-refractivity contribution in [3.63, 3.8) is 0 Å². The van der Waals surface area contributed by atoms with Crippen LogP contribution in [0.1, 0.15) is 39.9 Å². The van der Waals surface area contributed by atoms with Crippen LogP contribution in [-0.2, 0) is 27.4 Å². The molecule has 1 saturated heterocycles. The number of carbonyl (C=O) groups excluding carboxylic acids is 3. The second kappa shape index (κ2) is 13.8. The van der Waals surface area contributed by atoms with E-state index in [0.29, 0.717) is 67.5 Å². The number of nitrogens with one attached hydrogen (secondary N) is 1. The van der Waals surface area contributed by atoms with Crippen molar-refractivity contribution in [2.24, 2.45) is 0 Å². The summed E-state index contributed by atoms with van der Waals surface area (Å²) in [4.78, 5) is 42.9. The maximum Gasteiger partial charge on any atom is 0.254 e. The van der Waals surface area contributed by atoms with Crippen LogP contribution in [0.3, 0.4) is 0 Å². The smallest absolute Gasteiger partial charge is 0.254 e. The third kappa shape index (κ3) is 7.31. The van der Waals surface area contributed by atoms with Crippen molar-refractivity contribution in [2.45, 2.75) is 44.9 Å². The first-order valence-electron chi connectivity index (χ1n) is 14.8. The SMILES string of the molecule is COc1ccc(CCC(=O)N2CC[C@H]3OCc4cccc(c4)Oc4cc(ccc4C)C(=O)N(C)CC(=O)N[C@H]3C2)cc1OC. The van der Waals surface area contributed by atoms with Gasteiger partial charge >= 0.3 is 0 Å². The van der Waals surface area contributed by atoms with Crippen LogP contribution >= 0.6 is 0 Å². The van der Waals surface area contributed by atoms with E-state index in [1.54, 1.807) is 38.3 Å². The fourth-order valence-electron chi connectivity index (χ4n) is 5.57. The number of likely N-dealkylation sites (tertiary alicyclic amines) is 1. The van der Waals surface area contributed by atoms with E-state index in [-0.39, 0.29) is 30.4 Å². The monoisotopic (exact) mass is 601 g/mol. The molecule has 2 aliphatic heterocycles. The number of carbonyl (C=O) groups is 3. The van der Waals surface area contributed by atoms with Gasteiger partial charge in [-0.1, -0.05) is 24.3 Å². The maximum absolute atomic E-state index is 13.3. The van der Waals surface area contributed by atoms with Gasteiger partial charge in [-0.3, -0.25) is 14.4 Å². The van der Waals surface area contributed by atoms with E-state index in [0.717, 1.165) is 16.7 Å². The second-order valence-corrected chi connectivity index (χ2v) is 11.2. The number of rotatable bonds is 5. The van der Waals surface area contributed by atoms with Gasteiger partial charge in [0, 0.05) is 32.1 Å². The number of ether oxygens (including phenoxy) is 4. The zero-order chi connectivity index (χ0) is 31.2. The molecule has 1 fully saturated rings. The van der Waals surface area contributed by atoms with Gasteiger partial charge in [-0.15, -0.1) is 0 Å². The molecule has 10 nitrogen and oxygen atoms in total. The Morgan fingerprint density at radius 1 is 1.02 bits per heavy atom. The molecule has 0 radical (unpaired) electrons. The number of nitrogens with zero attached hydrogens (tertiary/aromatic N) is 2. The molecule has 0 aliphatic carbocycles. The normalized spacial score (nSPS) is 19.0. The van der Waals surface area contributed by atoms with Gasteiger partial charge < -0.3 is 34.1 Å². The molecule has 44 heavy (non-hydrogen) atoms. The molecule has 10 heteroatoms. The van der Waals surface area contributed by atoms with Gasteiger partial charge in [0.1, 0.15) is 11.5 Å². The standard InChI is InChI=1S/C34H39N3O7/c1-22-8-11-25-18-30(22)44-26-7-5-6-24(16-26)21-43-28-14-15-37(19-27(28)35-32(38)20-36(2)34(25)40)33(39)13-10-23-9-12-29(41-3)31(17-23)42-4/h5-9,11-12,16-18,27-28H,10,13-15,19-21H2,1-4H3,(H,35,38)/t27-,28+/m0/s1. The van der Waals surface area contributed by atoms with Gasteiger partial charge in [0.05, 0.1) is 39.5 Å². The number of hydrogen-bond acceptors (Lipinski definition) is 7. The Kier molecular flexibility index (Phi) is 9.69. The molecule has 0 spiro atoms. The molecule has 1 N–H and O–H groups in total. The zero-order valence-corrected chi connectivity index (χ0v) is 25.6. The Bertz CT molecular complexity index is 1520. The molecule has 3 aromatic rings. The molecule has 4 bridgehead atoms. The average Bonchev–Trinajstić information content (AvgIpc) is 3.03. The molecule has 5 rings (SSSR count). The lowest BCUT2D eigenvalue weighted by atomic mass is 10.00. The first-order chi connectivity index (χ1) is 21.2. The highest BCUT2D eigenvalue weighted by atomic mass is 16.5. The lowest BCUT2D eigenvalue weighted by Gasteiger charge is -2.39. The third-order valence-corrected chi connectivity index (χ3v) is 8.08. The number of methoxy groups -OCH3 is 2. The van der Waals surface area contributed by atoms with Crippen LogP contribution in [0.25, 0.3) is 0 Å². The van der Waals surface area contributed by atoms with E-state index in [1.807, 2.05) is 55.5 Å². The van der Waals surface area contributed by atoms with Crippen LogP contribution in [0, 0.1) is 6.92 Å². The Labute approximate surface area is 257 Å². The Hall–Kier alpha value is -4.57. The largest absolute Gasteiger partial charge is 0.493 e. The second-order valence-electron chi connectivity index (χ2n) is 11.2. The molecular weight excluding hydrogens is 562 g/mol. The van der Waals surface area contributed by atoms with E-state index in [1.165, 1.54) is 4.90 Å². The van der Waals surface area contributed by atoms with Gasteiger partial charge in [-0.25, -0.2) is 0 Å². The number of fused-ring (bicyclic) bond motifs is 5. The number of benzene rings is 3. The van der Waals surface area contributed by atoms with Gasteiger partial charge in [0.25, 0.3) is 5.91 Å². The van der Waals surface area contributed by atoms with Crippen molar-refractivity contribution < 1.29 is 33.3 Å². The lowest BCUT2D eigenvalue weighted by molar-refractivity contribution is -0.137. The summed E-state index contributed by atoms with van der Waals surface area (Å²) in [5.41, 5.74) is 3.19. The molecule has 0 saturated carbocycles. The number of piperidine rings is 1. The molecular formula is C34H39N3O7. The van der Waals surface area contributed by atoms with E-state index in [2.05, 4.69) is 5.32 Å². The van der Waals surface area contributed by atoms with Crippen molar-refractivity contribution in [3.05, 3.63) is 82.9 Å². The molecule has 232 valence electrons. The highest BCUT2D eigenvalue weighted by molar-refractivity contribution is 5.96. The number of likely N-dealkylation sites (N-methyl/N-ethyl adjacent to an activating group) is 1. The topological polar surface area (TPSA) is 107 Å². The van der Waals surface area contributed by atoms with E-state index in [4.69, 9.17) is 18.9 Å². The fourth-order valence-corrected chi connectivity index (χ4v) is 5.57. The Balaban J connectivity index is 1.31. The minimum absolute atomic E-state index is 0.00746. The average molecular weight is 602 g/mol. The minimum Gasteiger partial charge on any atom is -0.493 e. The van der Waals surface area contributed by atoms with Crippen LogP contribution in [0.4, 0.5) is 0 Å². The molecule has 2 heterocycles. The Morgan fingerprint density at radius 3 is 2.64 bits per heavy atom. The third-order valence-electron chi connectivity index (χ3n) is 8.08. The summed E-state index contributed by atoms with van der Waals surface area (Å²) < 4.78 is 23.2. The molecule has 2 aliphatic rings. The van der Waals surface area contributed by atoms with Gasteiger partial charge in [0.2, 0.25) is 11.8 Å². The van der Waals surface area contributed by atoms with Gasteiger partial charge in [-0.05, 0) is 72.9 Å². The summed E-state index contributed by atoms with van der Waals surface area (Å²) in [7, 11) is 4.76. The maximum atomic E-state index is 13.3. The summed E-state index contributed by atoms with van der Waals surface area (Å²) >= 11 is 0. The quantitative estimate of drug-likeness (QED) is 0.469. The highest BCUT2D eigenvalue weighted by Crippen LogP contribution is 2.29. The van der Waals surface area contributed by atoms with Crippen LogP contribution in [-0.4, -0.2) is 80.6 Å². The minimum atomic E-state index is -0.442. The van der Waals surface area contributed by atoms with Crippen LogP contribution in [0.5, 0.6) is 23.0 Å². The van der Waals surface area contributed by atoms with Crippen molar-refractivity contribution in [1.82, 2.24) is 15.1 Å². The molecule has 3 aromatic carbocycles. The van der Waals surface area contributed by atoms with Crippen molar-refractivity contribution in [1.29, 1.82) is 0 Å². The van der Waals surface area contributed by atoms with Crippen LogP contribution in [0.15, 0.2) is 60.7 Å². The summed E-state index contributed by atoms with van der Waals surface area (Å²) in [5, 5.41) is 3.05. The predicted molar refractivity (Wildman–Crippen MR) is 164 cm³/mol. The number of hydrogen-bond donors (Lipinski definition) is 1. The summed E-state index contributed by atoms with van der Waals surface area (Å²) in [5.74, 6) is 1.84. The van der Waals surface area contributed by atoms with Crippen molar-refractivity contribution in [2.75, 3.05) is 40.9 Å². The first kappa shape index (κ1) is 30.9. The first-order valence-corrected chi connectivity index (χ1v) is 14.8. The summed E-state index contributed by atoms with van der Waals surface area (Å²) in [6, 6.07) is 18.1.